The maximum atomic E-state index is 12.6. The largest absolute Gasteiger partial charge is 0.469 e. The molecule has 114 valence electrons. The van der Waals surface area contributed by atoms with Crippen LogP contribution in [0.5, 0.6) is 5.75 Å². The predicted octanol–water partition coefficient (Wildman–Crippen LogP) is 1.98. The molecular weight excluding hydrogens is 300 g/mol. The van der Waals surface area contributed by atoms with Crippen molar-refractivity contribution in [2.24, 2.45) is 0 Å². The van der Waals surface area contributed by atoms with E-state index in [0.717, 1.165) is 4.90 Å². The smallest absolute Gasteiger partial charge is 0.366 e. The predicted molar refractivity (Wildman–Crippen MR) is 78.7 cm³/mol. The first kappa shape index (κ1) is 14.5. The molecule has 0 spiro atoms. The van der Waals surface area contributed by atoms with Crippen LogP contribution in [-0.2, 0) is 4.79 Å². The van der Waals surface area contributed by atoms with Crippen molar-refractivity contribution in [3.63, 3.8) is 0 Å². The van der Waals surface area contributed by atoms with Crippen molar-refractivity contribution in [3.8, 4) is 11.8 Å². The van der Waals surface area contributed by atoms with Gasteiger partial charge in [0, 0.05) is 11.6 Å². The van der Waals surface area contributed by atoms with Crippen molar-refractivity contribution >= 4 is 17.5 Å². The van der Waals surface area contributed by atoms with Crippen LogP contribution in [0, 0.1) is 21.4 Å². The van der Waals surface area contributed by atoms with Gasteiger partial charge in [0.1, 0.15) is 6.54 Å². The fourth-order valence-corrected chi connectivity index (χ4v) is 2.30. The van der Waals surface area contributed by atoms with Gasteiger partial charge in [-0.2, -0.15) is 5.26 Å². The number of nitriles is 1. The molecule has 1 aliphatic heterocycles. The Balaban J connectivity index is 2.08. The van der Waals surface area contributed by atoms with Crippen molar-refractivity contribution in [1.82, 2.24) is 4.98 Å². The minimum atomic E-state index is -0.916. The summed E-state index contributed by atoms with van der Waals surface area (Å²) < 4.78 is 5.66. The molecule has 8 heteroatoms. The molecule has 0 N–H and O–H groups in total. The first-order chi connectivity index (χ1) is 11.1. The van der Waals surface area contributed by atoms with E-state index in [4.69, 9.17) is 10.00 Å². The van der Waals surface area contributed by atoms with Crippen LogP contribution in [0.15, 0.2) is 42.5 Å². The Bertz CT molecular complexity index is 816. The average Bonchev–Trinajstić information content (AvgIpc) is 2.57. The van der Waals surface area contributed by atoms with Gasteiger partial charge in [-0.3, -0.25) is 9.69 Å². The Morgan fingerprint density at radius 1 is 1.30 bits per heavy atom. The van der Waals surface area contributed by atoms with Crippen LogP contribution in [0.25, 0.3) is 0 Å². The summed E-state index contributed by atoms with van der Waals surface area (Å²) in [5.74, 6) is -0.697. The lowest BCUT2D eigenvalue weighted by Gasteiger charge is -2.29. The Hall–Kier alpha value is -3.47. The summed E-state index contributed by atoms with van der Waals surface area (Å²) in [6, 6.07) is 13.3. The lowest BCUT2D eigenvalue weighted by atomic mass is 10.1. The Morgan fingerprint density at radius 2 is 2.04 bits per heavy atom. The molecule has 1 aliphatic rings. The number of rotatable bonds is 3. The lowest BCUT2D eigenvalue weighted by molar-refractivity contribution is -0.389. The molecule has 1 unspecified atom stereocenters. The SMILES string of the molecule is N#CCN1C(=O)C(c2ccccc2)Oc2ccc([N+](=O)[O-])nc21. The number of amides is 1. The second-order valence-corrected chi connectivity index (χ2v) is 4.74. The van der Waals surface area contributed by atoms with E-state index in [1.54, 1.807) is 24.3 Å². The fraction of sp³-hybridized carbons (Fsp3) is 0.133. The molecule has 3 rings (SSSR count). The topological polar surface area (TPSA) is 109 Å². The van der Waals surface area contributed by atoms with Crippen LogP contribution >= 0.6 is 0 Å². The number of pyridine rings is 1. The number of hydrogen-bond donors (Lipinski definition) is 0. The highest BCUT2D eigenvalue weighted by Crippen LogP contribution is 2.38. The van der Waals surface area contributed by atoms with Gasteiger partial charge in [-0.05, 0) is 16.0 Å². The summed E-state index contributed by atoms with van der Waals surface area (Å²) in [5, 5.41) is 19.8. The number of aromatic nitrogens is 1. The Morgan fingerprint density at radius 3 is 2.70 bits per heavy atom. The second-order valence-electron chi connectivity index (χ2n) is 4.74. The highest BCUT2D eigenvalue weighted by atomic mass is 16.6. The van der Waals surface area contributed by atoms with Crippen LogP contribution in [0.1, 0.15) is 11.7 Å². The van der Waals surface area contributed by atoms with Crippen molar-refractivity contribution in [2.75, 3.05) is 11.4 Å². The quantitative estimate of drug-likeness (QED) is 0.487. The Kier molecular flexibility index (Phi) is 3.60. The molecule has 0 radical (unpaired) electrons. The summed E-state index contributed by atoms with van der Waals surface area (Å²) in [6.45, 7) is -0.271. The van der Waals surface area contributed by atoms with Crippen molar-refractivity contribution in [1.29, 1.82) is 5.26 Å². The summed E-state index contributed by atoms with van der Waals surface area (Å²) in [6.07, 6.45) is -0.916. The number of benzene rings is 1. The van der Waals surface area contributed by atoms with E-state index in [1.165, 1.54) is 12.1 Å². The molecule has 8 nitrogen and oxygen atoms in total. The van der Waals surface area contributed by atoms with E-state index in [0.29, 0.717) is 5.56 Å². The second kappa shape index (κ2) is 5.73. The summed E-state index contributed by atoms with van der Waals surface area (Å²) >= 11 is 0. The zero-order valence-corrected chi connectivity index (χ0v) is 11.7. The standard InChI is InChI=1S/C15H10N4O4/c16-8-9-18-14-11(6-7-12(17-14)19(21)22)23-13(15(18)20)10-4-2-1-3-5-10/h1-7,13H,9H2. The van der Waals surface area contributed by atoms with Gasteiger partial charge >= 0.3 is 5.82 Å². The third kappa shape index (κ3) is 2.55. The summed E-state index contributed by atoms with van der Waals surface area (Å²) in [5.41, 5.74) is 0.629. The number of nitro groups is 1. The van der Waals surface area contributed by atoms with Gasteiger partial charge < -0.3 is 14.9 Å². The number of fused-ring (bicyclic) bond motifs is 1. The molecule has 1 atom stereocenters. The van der Waals surface area contributed by atoms with Gasteiger partial charge in [0.25, 0.3) is 11.7 Å². The number of anilines is 1. The van der Waals surface area contributed by atoms with Gasteiger partial charge in [-0.15, -0.1) is 0 Å². The zero-order valence-electron chi connectivity index (χ0n) is 11.7. The fourth-order valence-electron chi connectivity index (χ4n) is 2.30. The maximum absolute atomic E-state index is 12.6. The molecule has 0 aliphatic carbocycles. The number of ether oxygens (including phenoxy) is 1. The molecule has 1 amide bonds. The monoisotopic (exact) mass is 310 g/mol. The number of nitrogens with zero attached hydrogens (tertiary/aromatic N) is 4. The van der Waals surface area contributed by atoms with Gasteiger partial charge in [0.05, 0.1) is 6.07 Å². The third-order valence-electron chi connectivity index (χ3n) is 3.33. The summed E-state index contributed by atoms with van der Waals surface area (Å²) in [7, 11) is 0. The van der Waals surface area contributed by atoms with Gasteiger partial charge in [-0.1, -0.05) is 30.3 Å². The average molecular weight is 310 g/mol. The number of hydrogen-bond acceptors (Lipinski definition) is 6. The zero-order chi connectivity index (χ0) is 16.4. The number of carbonyl (C=O) groups is 1. The van der Waals surface area contributed by atoms with Crippen LogP contribution < -0.4 is 9.64 Å². The van der Waals surface area contributed by atoms with Gasteiger partial charge in [0.2, 0.25) is 6.10 Å². The van der Waals surface area contributed by atoms with Crippen molar-refractivity contribution < 1.29 is 14.5 Å². The van der Waals surface area contributed by atoms with E-state index >= 15 is 0 Å². The highest BCUT2D eigenvalue weighted by Gasteiger charge is 2.39. The van der Waals surface area contributed by atoms with Crippen LogP contribution in [-0.4, -0.2) is 22.4 Å². The molecular formula is C15H10N4O4. The molecule has 0 fully saturated rings. The van der Waals surface area contributed by atoms with Crippen LogP contribution in [0.2, 0.25) is 0 Å². The highest BCUT2D eigenvalue weighted by molar-refractivity contribution is 6.00. The molecule has 1 aromatic carbocycles. The van der Waals surface area contributed by atoms with E-state index in [9.17, 15) is 14.9 Å². The van der Waals surface area contributed by atoms with E-state index in [1.807, 2.05) is 12.1 Å². The molecule has 23 heavy (non-hydrogen) atoms. The Labute approximate surface area is 130 Å². The van der Waals surface area contributed by atoms with Gasteiger partial charge in [-0.25, -0.2) is 0 Å². The molecule has 0 bridgehead atoms. The molecule has 2 heterocycles. The molecule has 1 aromatic heterocycles. The van der Waals surface area contributed by atoms with E-state index in [-0.39, 0.29) is 18.1 Å². The van der Waals surface area contributed by atoms with Crippen molar-refractivity contribution in [3.05, 3.63) is 58.1 Å². The van der Waals surface area contributed by atoms with Crippen molar-refractivity contribution in [2.45, 2.75) is 6.10 Å². The maximum Gasteiger partial charge on any atom is 0.366 e. The first-order valence-electron chi connectivity index (χ1n) is 6.67. The molecule has 2 aromatic rings. The minimum absolute atomic E-state index is 0.0158. The number of carbonyl (C=O) groups excluding carboxylic acids is 1. The van der Waals surface area contributed by atoms with Crippen LogP contribution in [0.3, 0.4) is 0 Å². The molecule has 0 saturated carbocycles. The van der Waals surface area contributed by atoms with Crippen LogP contribution in [0.4, 0.5) is 11.6 Å². The lowest BCUT2D eigenvalue weighted by Crippen LogP contribution is -2.42. The van der Waals surface area contributed by atoms with E-state index in [2.05, 4.69) is 4.98 Å². The molecule has 0 saturated heterocycles. The summed E-state index contributed by atoms with van der Waals surface area (Å²) in [4.78, 5) is 27.7. The van der Waals surface area contributed by atoms with Gasteiger partial charge in [0.15, 0.2) is 5.75 Å². The first-order valence-corrected chi connectivity index (χ1v) is 6.67. The normalized spacial score (nSPS) is 16.2. The third-order valence-corrected chi connectivity index (χ3v) is 3.33. The minimum Gasteiger partial charge on any atom is -0.469 e. The van der Waals surface area contributed by atoms with E-state index < -0.39 is 22.8 Å².